The van der Waals surface area contributed by atoms with Crippen LogP contribution < -0.4 is 5.90 Å². The summed E-state index contributed by atoms with van der Waals surface area (Å²) in [5.74, 6) is 11.2. The Balaban J connectivity index is 0.00000127. The number of hydrogen-bond donors (Lipinski definition) is 2. The molecule has 0 heterocycles. The van der Waals surface area contributed by atoms with Gasteiger partial charge >= 0.3 is 5.97 Å². The van der Waals surface area contributed by atoms with Crippen molar-refractivity contribution in [2.24, 2.45) is 23.7 Å². The first-order valence-corrected chi connectivity index (χ1v) is 9.22. The third-order valence-corrected chi connectivity index (χ3v) is 5.21. The fraction of sp³-hybridized carbons (Fsp3) is 0.842. The number of nitrogens with two attached hydrogens (primary N) is 1. The van der Waals surface area contributed by atoms with E-state index in [2.05, 4.69) is 17.7 Å². The molecule has 0 atom stereocenters. The monoisotopic (exact) mass is 323 g/mol. The molecule has 0 unspecified atom stereocenters. The standard InChI is InChI=1S/C19H30O2.H3NO/c1-2-21-19(20)15-14-18-12-10-17(11-13-18)9-8-16-6-4-3-5-7-16;1-2/h16-18H,2-13H2,1H3;2H,1H2. The van der Waals surface area contributed by atoms with Gasteiger partial charge in [0.2, 0.25) is 0 Å². The van der Waals surface area contributed by atoms with Crippen molar-refractivity contribution in [2.75, 3.05) is 6.61 Å². The van der Waals surface area contributed by atoms with Gasteiger partial charge in [0.1, 0.15) is 0 Å². The van der Waals surface area contributed by atoms with Gasteiger partial charge in [0.15, 0.2) is 0 Å². The Hall–Kier alpha value is -1.05. The summed E-state index contributed by atoms with van der Waals surface area (Å²) in [6, 6.07) is 0. The van der Waals surface area contributed by atoms with Gasteiger partial charge in [-0.25, -0.2) is 10.7 Å². The summed E-state index contributed by atoms with van der Waals surface area (Å²) in [5.41, 5.74) is 0. The number of esters is 1. The molecule has 3 N–H and O–H groups in total. The van der Waals surface area contributed by atoms with E-state index >= 15 is 0 Å². The molecule has 0 aliphatic heterocycles. The van der Waals surface area contributed by atoms with Crippen LogP contribution in [0.1, 0.15) is 77.6 Å². The Bertz CT molecular complexity index is 372. The SMILES string of the molecule is CCOC(=O)C#CC1CCC(CCC2CCCCC2)CC1.NO. The Kier molecular flexibility index (Phi) is 10.8. The summed E-state index contributed by atoms with van der Waals surface area (Å²) in [6.45, 7) is 2.23. The van der Waals surface area contributed by atoms with Gasteiger partial charge in [-0.05, 0) is 44.4 Å². The largest absolute Gasteiger partial charge is 0.456 e. The highest BCUT2D eigenvalue weighted by molar-refractivity contribution is 5.88. The molecular formula is C19H33NO3. The second-order valence-corrected chi connectivity index (χ2v) is 6.79. The summed E-state index contributed by atoms with van der Waals surface area (Å²) in [7, 11) is 0. The number of carbonyl (C=O) groups excluding carboxylic acids is 1. The van der Waals surface area contributed by atoms with Crippen molar-refractivity contribution in [3.05, 3.63) is 0 Å². The van der Waals surface area contributed by atoms with E-state index in [1.807, 2.05) is 6.92 Å². The Morgan fingerprint density at radius 3 is 2.13 bits per heavy atom. The number of carbonyl (C=O) groups is 1. The second-order valence-electron chi connectivity index (χ2n) is 6.79. The fourth-order valence-electron chi connectivity index (χ4n) is 3.87. The van der Waals surface area contributed by atoms with E-state index in [1.165, 1.54) is 70.6 Å². The van der Waals surface area contributed by atoms with Crippen LogP contribution in [0.4, 0.5) is 0 Å². The molecule has 4 nitrogen and oxygen atoms in total. The van der Waals surface area contributed by atoms with Crippen LogP contribution in [0.25, 0.3) is 0 Å². The van der Waals surface area contributed by atoms with Crippen molar-refractivity contribution in [3.63, 3.8) is 0 Å². The first-order chi connectivity index (χ1) is 11.3. The molecule has 2 aliphatic rings. The fourth-order valence-corrected chi connectivity index (χ4v) is 3.87. The number of ether oxygens (including phenoxy) is 1. The van der Waals surface area contributed by atoms with Crippen LogP contribution >= 0.6 is 0 Å². The summed E-state index contributed by atoms with van der Waals surface area (Å²) < 4.78 is 4.85. The maximum absolute atomic E-state index is 11.2. The summed E-state index contributed by atoms with van der Waals surface area (Å²) in [5, 5.41) is 6.50. The van der Waals surface area contributed by atoms with Crippen LogP contribution in [0.2, 0.25) is 0 Å². The third-order valence-electron chi connectivity index (χ3n) is 5.21. The van der Waals surface area contributed by atoms with Crippen LogP contribution in [-0.4, -0.2) is 17.8 Å². The molecular weight excluding hydrogens is 290 g/mol. The summed E-state index contributed by atoms with van der Waals surface area (Å²) in [6.07, 6.45) is 15.1. The van der Waals surface area contributed by atoms with Crippen LogP contribution in [0.15, 0.2) is 0 Å². The zero-order valence-electron chi connectivity index (χ0n) is 14.6. The second kappa shape index (κ2) is 12.4. The minimum absolute atomic E-state index is 0.364. The molecule has 0 aromatic rings. The van der Waals surface area contributed by atoms with Crippen molar-refractivity contribution in [1.82, 2.24) is 0 Å². The van der Waals surface area contributed by atoms with Crippen LogP contribution in [0, 0.1) is 29.6 Å². The van der Waals surface area contributed by atoms with E-state index in [4.69, 9.17) is 9.94 Å². The normalized spacial score (nSPS) is 24.7. The minimum Gasteiger partial charge on any atom is -0.456 e. The Labute approximate surface area is 141 Å². The number of rotatable bonds is 4. The van der Waals surface area contributed by atoms with Crippen molar-refractivity contribution >= 4 is 5.97 Å². The van der Waals surface area contributed by atoms with Crippen LogP contribution in [-0.2, 0) is 9.53 Å². The molecule has 2 fully saturated rings. The average Bonchev–Trinajstić information content (AvgIpc) is 2.62. The van der Waals surface area contributed by atoms with Crippen molar-refractivity contribution < 1.29 is 14.7 Å². The van der Waals surface area contributed by atoms with Gasteiger partial charge in [-0.1, -0.05) is 50.9 Å². The van der Waals surface area contributed by atoms with Gasteiger partial charge in [-0.15, -0.1) is 0 Å². The maximum atomic E-state index is 11.2. The van der Waals surface area contributed by atoms with E-state index < -0.39 is 0 Å². The van der Waals surface area contributed by atoms with Crippen molar-refractivity contribution in [3.8, 4) is 11.8 Å². The van der Waals surface area contributed by atoms with Gasteiger partial charge in [0, 0.05) is 11.8 Å². The van der Waals surface area contributed by atoms with Crippen molar-refractivity contribution in [2.45, 2.75) is 77.6 Å². The van der Waals surface area contributed by atoms with Gasteiger partial charge < -0.3 is 9.94 Å². The van der Waals surface area contributed by atoms with E-state index in [0.29, 0.717) is 12.5 Å². The lowest BCUT2D eigenvalue weighted by Crippen LogP contribution is -2.15. The predicted molar refractivity (Wildman–Crippen MR) is 91.6 cm³/mol. The molecule has 0 amide bonds. The van der Waals surface area contributed by atoms with Crippen LogP contribution in [0.3, 0.4) is 0 Å². The molecule has 132 valence electrons. The number of hydrogen-bond acceptors (Lipinski definition) is 4. The quantitative estimate of drug-likeness (QED) is 0.354. The zero-order valence-corrected chi connectivity index (χ0v) is 14.6. The molecule has 2 rings (SSSR count). The molecule has 2 aliphatic carbocycles. The molecule has 0 saturated heterocycles. The topological polar surface area (TPSA) is 72.5 Å². The zero-order chi connectivity index (χ0) is 16.9. The van der Waals surface area contributed by atoms with Gasteiger partial charge in [-0.2, -0.15) is 0 Å². The van der Waals surface area contributed by atoms with E-state index in [-0.39, 0.29) is 5.97 Å². The van der Waals surface area contributed by atoms with Gasteiger partial charge in [0.05, 0.1) is 6.61 Å². The Morgan fingerprint density at radius 2 is 1.57 bits per heavy atom. The van der Waals surface area contributed by atoms with E-state index in [9.17, 15) is 4.79 Å². The lowest BCUT2D eigenvalue weighted by Gasteiger charge is -2.28. The molecule has 23 heavy (non-hydrogen) atoms. The predicted octanol–water partition coefficient (Wildman–Crippen LogP) is 4.05. The highest BCUT2D eigenvalue weighted by atomic mass is 16.5. The van der Waals surface area contributed by atoms with E-state index in [0.717, 1.165) is 11.8 Å². The lowest BCUT2D eigenvalue weighted by atomic mass is 9.77. The van der Waals surface area contributed by atoms with E-state index in [1.54, 1.807) is 0 Å². The van der Waals surface area contributed by atoms with Crippen molar-refractivity contribution in [1.29, 1.82) is 0 Å². The highest BCUT2D eigenvalue weighted by Crippen LogP contribution is 2.34. The maximum Gasteiger partial charge on any atom is 0.384 e. The molecule has 0 spiro atoms. The molecule has 4 heteroatoms. The minimum atomic E-state index is -0.364. The van der Waals surface area contributed by atoms with Crippen LogP contribution in [0.5, 0.6) is 0 Å². The molecule has 0 aromatic carbocycles. The third kappa shape index (κ3) is 8.39. The molecule has 2 saturated carbocycles. The summed E-state index contributed by atoms with van der Waals surface area (Å²) in [4.78, 5) is 11.2. The molecule has 0 radical (unpaired) electrons. The first kappa shape index (κ1) is 20.0. The highest BCUT2D eigenvalue weighted by Gasteiger charge is 2.21. The average molecular weight is 323 g/mol. The van der Waals surface area contributed by atoms with Gasteiger partial charge in [-0.3, -0.25) is 0 Å². The van der Waals surface area contributed by atoms with Gasteiger partial charge in [0.25, 0.3) is 0 Å². The first-order valence-electron chi connectivity index (χ1n) is 9.22. The lowest BCUT2D eigenvalue weighted by molar-refractivity contribution is -0.136. The molecule has 0 aromatic heterocycles. The molecule has 0 bridgehead atoms. The smallest absolute Gasteiger partial charge is 0.384 e. The summed E-state index contributed by atoms with van der Waals surface area (Å²) >= 11 is 0. The Morgan fingerprint density at radius 1 is 1.00 bits per heavy atom.